The minimum absolute atomic E-state index is 0.00270. The van der Waals surface area contributed by atoms with E-state index in [-0.39, 0.29) is 11.7 Å². The number of para-hydroxylation sites is 1. The van der Waals surface area contributed by atoms with Gasteiger partial charge in [0.05, 0.1) is 10.7 Å². The van der Waals surface area contributed by atoms with Crippen LogP contribution in [0.5, 0.6) is 0 Å². The van der Waals surface area contributed by atoms with Gasteiger partial charge in [-0.25, -0.2) is 9.67 Å². The molecule has 0 bridgehead atoms. The predicted molar refractivity (Wildman–Crippen MR) is 91.4 cm³/mol. The van der Waals surface area contributed by atoms with Crippen LogP contribution >= 0.6 is 11.6 Å². The Morgan fingerprint density at radius 1 is 1.29 bits per heavy atom. The summed E-state index contributed by atoms with van der Waals surface area (Å²) < 4.78 is 1.55. The number of carbonyl (C=O) groups is 2. The van der Waals surface area contributed by atoms with Crippen molar-refractivity contribution in [3.63, 3.8) is 0 Å². The average molecular weight is 350 g/mol. The maximum Gasteiger partial charge on any atom is 0.291 e. The van der Waals surface area contributed by atoms with Gasteiger partial charge in [-0.15, -0.1) is 5.10 Å². The summed E-state index contributed by atoms with van der Waals surface area (Å²) in [6, 6.07) is 6.52. The molecule has 7 nitrogen and oxygen atoms in total. The van der Waals surface area contributed by atoms with Crippen LogP contribution in [0.3, 0.4) is 0 Å². The number of rotatable bonds is 6. The molecule has 24 heavy (non-hydrogen) atoms. The van der Waals surface area contributed by atoms with E-state index < -0.39 is 11.9 Å². The van der Waals surface area contributed by atoms with E-state index in [1.54, 1.807) is 23.7 Å². The first-order chi connectivity index (χ1) is 11.5. The van der Waals surface area contributed by atoms with E-state index in [1.807, 2.05) is 26.0 Å². The number of benzene rings is 1. The highest BCUT2D eigenvalue weighted by atomic mass is 35.5. The fourth-order valence-corrected chi connectivity index (χ4v) is 2.36. The van der Waals surface area contributed by atoms with Crippen molar-refractivity contribution in [2.45, 2.75) is 33.2 Å². The normalized spacial score (nSPS) is 11.8. The molecule has 1 heterocycles. The lowest BCUT2D eigenvalue weighted by Gasteiger charge is -2.11. The van der Waals surface area contributed by atoms with Gasteiger partial charge in [0, 0.05) is 13.0 Å². The van der Waals surface area contributed by atoms with Crippen molar-refractivity contribution in [2.24, 2.45) is 0 Å². The summed E-state index contributed by atoms with van der Waals surface area (Å²) in [6.45, 7) is 5.83. The van der Waals surface area contributed by atoms with Crippen molar-refractivity contribution in [3.8, 4) is 5.69 Å². The number of amides is 2. The van der Waals surface area contributed by atoms with Gasteiger partial charge in [-0.2, -0.15) is 0 Å². The van der Waals surface area contributed by atoms with E-state index >= 15 is 0 Å². The Balaban J connectivity index is 2.25. The Labute approximate surface area is 145 Å². The maximum absolute atomic E-state index is 12.3. The quantitative estimate of drug-likeness (QED) is 0.831. The van der Waals surface area contributed by atoms with Gasteiger partial charge in [0.2, 0.25) is 11.7 Å². The Kier molecular flexibility index (Phi) is 5.92. The maximum atomic E-state index is 12.3. The molecular formula is C16H20ClN5O2. The molecule has 0 aliphatic carbocycles. The number of aryl methyl sites for hydroxylation is 1. The van der Waals surface area contributed by atoms with Crippen molar-refractivity contribution in [1.82, 2.24) is 25.4 Å². The van der Waals surface area contributed by atoms with Crippen LogP contribution in [-0.4, -0.2) is 39.2 Å². The molecule has 2 aromatic rings. The Bertz CT molecular complexity index is 744. The van der Waals surface area contributed by atoms with Crippen LogP contribution in [0, 0.1) is 0 Å². The molecule has 2 N–H and O–H groups in total. The zero-order chi connectivity index (χ0) is 17.7. The molecule has 2 rings (SSSR count). The third-order valence-electron chi connectivity index (χ3n) is 3.37. The number of carbonyl (C=O) groups excluding carboxylic acids is 2. The molecule has 0 unspecified atom stereocenters. The summed E-state index contributed by atoms with van der Waals surface area (Å²) in [4.78, 5) is 28.3. The van der Waals surface area contributed by atoms with Crippen LogP contribution in [-0.2, 0) is 11.2 Å². The van der Waals surface area contributed by atoms with E-state index in [0.29, 0.717) is 29.5 Å². The standard InChI is InChI=1S/C16H20ClN5O2/c1-4-13-20-14(16(24)19-10(3)15(23)18-5-2)21-22(13)12-9-7-6-8-11(12)17/h6-10H,4-5H2,1-3H3,(H,18,23)(H,19,24)/t10-/m0/s1. The van der Waals surface area contributed by atoms with E-state index in [1.165, 1.54) is 0 Å². The summed E-state index contributed by atoms with van der Waals surface area (Å²) >= 11 is 6.20. The molecule has 2 amide bonds. The molecule has 0 fully saturated rings. The van der Waals surface area contributed by atoms with Crippen molar-refractivity contribution in [3.05, 3.63) is 40.9 Å². The number of aromatic nitrogens is 3. The molecule has 0 aliphatic heterocycles. The summed E-state index contributed by atoms with van der Waals surface area (Å²) in [5.41, 5.74) is 0.652. The van der Waals surface area contributed by atoms with Gasteiger partial charge >= 0.3 is 0 Å². The molecule has 8 heteroatoms. The molecule has 0 spiro atoms. The van der Waals surface area contributed by atoms with Gasteiger partial charge in [0.25, 0.3) is 5.91 Å². The molecular weight excluding hydrogens is 330 g/mol. The largest absolute Gasteiger partial charge is 0.355 e. The van der Waals surface area contributed by atoms with Crippen LogP contribution in [0.15, 0.2) is 24.3 Å². The number of hydrogen-bond donors (Lipinski definition) is 2. The number of nitrogens with one attached hydrogen (secondary N) is 2. The predicted octanol–water partition coefficient (Wildman–Crippen LogP) is 1.74. The van der Waals surface area contributed by atoms with Crippen molar-refractivity contribution >= 4 is 23.4 Å². The van der Waals surface area contributed by atoms with Crippen molar-refractivity contribution < 1.29 is 9.59 Å². The Morgan fingerprint density at radius 3 is 2.62 bits per heavy atom. The summed E-state index contributed by atoms with van der Waals surface area (Å²) in [5, 5.41) is 10.00. The number of likely N-dealkylation sites (N-methyl/N-ethyl adjacent to an activating group) is 1. The van der Waals surface area contributed by atoms with Crippen molar-refractivity contribution in [1.29, 1.82) is 0 Å². The summed E-state index contributed by atoms with van der Waals surface area (Å²) in [7, 11) is 0. The van der Waals surface area contributed by atoms with E-state index in [4.69, 9.17) is 11.6 Å². The zero-order valence-electron chi connectivity index (χ0n) is 13.8. The van der Waals surface area contributed by atoms with E-state index in [0.717, 1.165) is 0 Å². The SMILES string of the molecule is CCNC(=O)[C@H](C)NC(=O)c1nc(CC)n(-c2ccccc2Cl)n1. The number of nitrogens with zero attached hydrogens (tertiary/aromatic N) is 3. The second-order valence-electron chi connectivity index (χ2n) is 5.16. The van der Waals surface area contributed by atoms with Gasteiger partial charge in [0.1, 0.15) is 11.9 Å². The van der Waals surface area contributed by atoms with Crippen LogP contribution in [0.1, 0.15) is 37.2 Å². The minimum Gasteiger partial charge on any atom is -0.355 e. The second kappa shape index (κ2) is 7.92. The first-order valence-electron chi connectivity index (χ1n) is 7.77. The fourth-order valence-electron chi connectivity index (χ4n) is 2.14. The summed E-state index contributed by atoms with van der Waals surface area (Å²) in [6.07, 6.45) is 0.581. The third kappa shape index (κ3) is 3.91. The number of hydrogen-bond acceptors (Lipinski definition) is 4. The van der Waals surface area contributed by atoms with Gasteiger partial charge < -0.3 is 10.6 Å². The molecule has 1 aromatic heterocycles. The van der Waals surface area contributed by atoms with Crippen LogP contribution in [0.2, 0.25) is 5.02 Å². The first-order valence-corrected chi connectivity index (χ1v) is 8.15. The topological polar surface area (TPSA) is 88.9 Å². The van der Waals surface area contributed by atoms with Gasteiger partial charge in [-0.3, -0.25) is 9.59 Å². The molecule has 1 atom stereocenters. The summed E-state index contributed by atoms with van der Waals surface area (Å²) in [5.74, 6) is -0.150. The average Bonchev–Trinajstić information content (AvgIpc) is 2.99. The van der Waals surface area contributed by atoms with E-state index in [2.05, 4.69) is 20.7 Å². The monoisotopic (exact) mass is 349 g/mol. The Hall–Kier alpha value is -2.41. The minimum atomic E-state index is -0.671. The highest BCUT2D eigenvalue weighted by molar-refractivity contribution is 6.32. The van der Waals surface area contributed by atoms with Crippen LogP contribution in [0.4, 0.5) is 0 Å². The van der Waals surface area contributed by atoms with Crippen LogP contribution in [0.25, 0.3) is 5.69 Å². The highest BCUT2D eigenvalue weighted by Gasteiger charge is 2.21. The lowest BCUT2D eigenvalue weighted by molar-refractivity contribution is -0.122. The smallest absolute Gasteiger partial charge is 0.291 e. The molecule has 0 saturated heterocycles. The van der Waals surface area contributed by atoms with E-state index in [9.17, 15) is 9.59 Å². The third-order valence-corrected chi connectivity index (χ3v) is 3.69. The van der Waals surface area contributed by atoms with Gasteiger partial charge in [-0.1, -0.05) is 30.7 Å². The zero-order valence-corrected chi connectivity index (χ0v) is 14.6. The van der Waals surface area contributed by atoms with Gasteiger partial charge in [0.15, 0.2) is 0 Å². The van der Waals surface area contributed by atoms with Gasteiger partial charge in [-0.05, 0) is 26.0 Å². The molecule has 0 aliphatic rings. The Morgan fingerprint density at radius 2 is 2.00 bits per heavy atom. The highest BCUT2D eigenvalue weighted by Crippen LogP contribution is 2.20. The fraction of sp³-hybridized carbons (Fsp3) is 0.375. The lowest BCUT2D eigenvalue weighted by atomic mass is 10.3. The number of halogens is 1. The molecule has 1 aromatic carbocycles. The molecule has 0 saturated carbocycles. The lowest BCUT2D eigenvalue weighted by Crippen LogP contribution is -2.45. The molecule has 0 radical (unpaired) electrons. The van der Waals surface area contributed by atoms with Crippen LogP contribution < -0.4 is 10.6 Å². The first kappa shape index (κ1) is 17.9. The van der Waals surface area contributed by atoms with Crippen molar-refractivity contribution in [2.75, 3.05) is 6.54 Å². The molecule has 128 valence electrons. The second-order valence-corrected chi connectivity index (χ2v) is 5.57.